The summed E-state index contributed by atoms with van der Waals surface area (Å²) in [7, 11) is 0. The molecule has 2 fully saturated rings. The Labute approximate surface area is 175 Å². The molecular weight excluding hydrogens is 374 g/mol. The van der Waals surface area contributed by atoms with E-state index in [1.165, 1.54) is 12.8 Å². The minimum Gasteiger partial charge on any atom is -0.341 e. The molecule has 2 N–H and O–H groups in total. The molecule has 0 bridgehead atoms. The van der Waals surface area contributed by atoms with Gasteiger partial charge in [0.05, 0.1) is 0 Å². The standard InChI is InChI=1S/C22H33N3O2.ClH/c1-16(2)14-20(26)24-21(18-6-4-3-5-7-18)22(27)25-12-10-19(11-13-25)23-15-17-8-9-17;/h3-7,16-17,19,21,23H,8-15H2,1-2H3,(H,24,26);1H. The predicted octanol–water partition coefficient (Wildman–Crippen LogP) is 3.30. The highest BCUT2D eigenvalue weighted by Crippen LogP contribution is 2.28. The van der Waals surface area contributed by atoms with Gasteiger partial charge < -0.3 is 15.5 Å². The number of piperidine rings is 1. The first-order valence-electron chi connectivity index (χ1n) is 10.4. The molecule has 5 nitrogen and oxygen atoms in total. The third-order valence-electron chi connectivity index (χ3n) is 5.48. The fourth-order valence-electron chi connectivity index (χ4n) is 3.67. The molecule has 1 aliphatic heterocycles. The van der Waals surface area contributed by atoms with Crippen LogP contribution in [0.15, 0.2) is 30.3 Å². The maximum atomic E-state index is 13.2. The Morgan fingerprint density at radius 3 is 2.29 bits per heavy atom. The van der Waals surface area contributed by atoms with Crippen molar-refractivity contribution in [2.75, 3.05) is 19.6 Å². The van der Waals surface area contributed by atoms with E-state index in [-0.39, 0.29) is 30.1 Å². The van der Waals surface area contributed by atoms with Crippen LogP contribution in [0.25, 0.3) is 0 Å². The molecule has 1 unspecified atom stereocenters. The molecule has 1 aromatic carbocycles. The SMILES string of the molecule is CC(C)CC(=O)NC(C(=O)N1CCC(NCC2CC2)CC1)c1ccccc1.Cl. The van der Waals surface area contributed by atoms with Crippen molar-refractivity contribution >= 4 is 24.2 Å². The van der Waals surface area contributed by atoms with Crippen LogP contribution in [0.4, 0.5) is 0 Å². The Morgan fingerprint density at radius 1 is 1.07 bits per heavy atom. The molecule has 1 saturated heterocycles. The molecular formula is C22H34ClN3O2. The number of nitrogens with zero attached hydrogens (tertiary/aromatic N) is 1. The lowest BCUT2D eigenvalue weighted by molar-refractivity contribution is -0.137. The van der Waals surface area contributed by atoms with Crippen LogP contribution in [0, 0.1) is 11.8 Å². The van der Waals surface area contributed by atoms with E-state index in [9.17, 15) is 9.59 Å². The van der Waals surface area contributed by atoms with Gasteiger partial charge in [0, 0.05) is 25.6 Å². The van der Waals surface area contributed by atoms with Gasteiger partial charge in [-0.2, -0.15) is 0 Å². The Kier molecular flexibility index (Phi) is 8.77. The zero-order valence-electron chi connectivity index (χ0n) is 17.0. The maximum absolute atomic E-state index is 13.2. The van der Waals surface area contributed by atoms with E-state index in [0.717, 1.165) is 44.0 Å². The predicted molar refractivity (Wildman–Crippen MR) is 114 cm³/mol. The number of halogens is 1. The largest absolute Gasteiger partial charge is 0.341 e. The Morgan fingerprint density at radius 2 is 1.71 bits per heavy atom. The average molecular weight is 408 g/mol. The second-order valence-corrected chi connectivity index (χ2v) is 8.46. The number of rotatable bonds is 8. The zero-order valence-corrected chi connectivity index (χ0v) is 17.8. The zero-order chi connectivity index (χ0) is 19.2. The number of likely N-dealkylation sites (tertiary alicyclic amines) is 1. The van der Waals surface area contributed by atoms with Gasteiger partial charge >= 0.3 is 0 Å². The number of hydrogen-bond acceptors (Lipinski definition) is 3. The number of hydrogen-bond donors (Lipinski definition) is 2. The van der Waals surface area contributed by atoms with E-state index < -0.39 is 6.04 Å². The van der Waals surface area contributed by atoms with Gasteiger partial charge in [-0.15, -0.1) is 12.4 Å². The van der Waals surface area contributed by atoms with Gasteiger partial charge in [-0.25, -0.2) is 0 Å². The first-order valence-corrected chi connectivity index (χ1v) is 10.4. The fraction of sp³-hybridized carbons (Fsp3) is 0.636. The third-order valence-corrected chi connectivity index (χ3v) is 5.48. The molecule has 2 aliphatic rings. The molecule has 1 heterocycles. The van der Waals surface area contributed by atoms with E-state index >= 15 is 0 Å². The van der Waals surface area contributed by atoms with Gasteiger partial charge in [0.1, 0.15) is 6.04 Å². The minimum absolute atomic E-state index is 0. The minimum atomic E-state index is -0.589. The van der Waals surface area contributed by atoms with Crippen LogP contribution in [-0.4, -0.2) is 42.4 Å². The molecule has 28 heavy (non-hydrogen) atoms. The maximum Gasteiger partial charge on any atom is 0.249 e. The van der Waals surface area contributed by atoms with Crippen LogP contribution in [0.3, 0.4) is 0 Å². The van der Waals surface area contributed by atoms with E-state index in [4.69, 9.17) is 0 Å². The highest BCUT2D eigenvalue weighted by atomic mass is 35.5. The van der Waals surface area contributed by atoms with Gasteiger partial charge in [-0.05, 0) is 49.6 Å². The summed E-state index contributed by atoms with van der Waals surface area (Å²) in [4.78, 5) is 27.5. The lowest BCUT2D eigenvalue weighted by Gasteiger charge is -2.35. The average Bonchev–Trinajstić information content (AvgIpc) is 3.49. The normalized spacial score (nSPS) is 18.5. The van der Waals surface area contributed by atoms with Crippen molar-refractivity contribution in [1.82, 2.24) is 15.5 Å². The van der Waals surface area contributed by atoms with Crippen LogP contribution >= 0.6 is 12.4 Å². The summed E-state index contributed by atoms with van der Waals surface area (Å²) in [6, 6.07) is 9.52. The lowest BCUT2D eigenvalue weighted by atomic mass is 10.0. The van der Waals surface area contributed by atoms with Crippen LogP contribution in [0.5, 0.6) is 0 Å². The lowest BCUT2D eigenvalue weighted by Crippen LogP contribution is -2.49. The van der Waals surface area contributed by atoms with Crippen molar-refractivity contribution in [2.24, 2.45) is 11.8 Å². The van der Waals surface area contributed by atoms with E-state index in [0.29, 0.717) is 12.5 Å². The van der Waals surface area contributed by atoms with Crippen molar-refractivity contribution < 1.29 is 9.59 Å². The summed E-state index contributed by atoms with van der Waals surface area (Å²) in [6.07, 6.45) is 5.13. The highest BCUT2D eigenvalue weighted by molar-refractivity contribution is 5.88. The smallest absolute Gasteiger partial charge is 0.249 e. The molecule has 1 atom stereocenters. The van der Waals surface area contributed by atoms with Crippen molar-refractivity contribution in [1.29, 1.82) is 0 Å². The molecule has 0 radical (unpaired) electrons. The Hall–Kier alpha value is -1.59. The molecule has 156 valence electrons. The summed E-state index contributed by atoms with van der Waals surface area (Å²) in [5.74, 6) is 1.10. The summed E-state index contributed by atoms with van der Waals surface area (Å²) >= 11 is 0. The van der Waals surface area contributed by atoms with Gasteiger partial charge in [-0.3, -0.25) is 9.59 Å². The van der Waals surface area contributed by atoms with Crippen LogP contribution in [-0.2, 0) is 9.59 Å². The molecule has 2 amide bonds. The Bertz CT molecular complexity index is 626. The van der Waals surface area contributed by atoms with Crippen LogP contribution < -0.4 is 10.6 Å². The third kappa shape index (κ3) is 6.78. The molecule has 1 aliphatic carbocycles. The van der Waals surface area contributed by atoms with Crippen molar-refractivity contribution in [3.8, 4) is 0 Å². The first kappa shape index (κ1) is 22.7. The second kappa shape index (κ2) is 10.8. The summed E-state index contributed by atoms with van der Waals surface area (Å²) in [5, 5.41) is 6.63. The topological polar surface area (TPSA) is 61.4 Å². The highest BCUT2D eigenvalue weighted by Gasteiger charge is 2.31. The van der Waals surface area contributed by atoms with Crippen molar-refractivity contribution in [3.05, 3.63) is 35.9 Å². The molecule has 3 rings (SSSR count). The number of nitrogens with one attached hydrogen (secondary N) is 2. The van der Waals surface area contributed by atoms with Crippen molar-refractivity contribution in [2.45, 2.75) is 58.0 Å². The van der Waals surface area contributed by atoms with Gasteiger partial charge in [0.15, 0.2) is 0 Å². The number of carbonyl (C=O) groups excluding carboxylic acids is 2. The number of benzene rings is 1. The van der Waals surface area contributed by atoms with E-state index in [1.54, 1.807) is 0 Å². The number of amides is 2. The van der Waals surface area contributed by atoms with Gasteiger partial charge in [-0.1, -0.05) is 44.2 Å². The van der Waals surface area contributed by atoms with Crippen LogP contribution in [0.2, 0.25) is 0 Å². The fourth-order valence-corrected chi connectivity index (χ4v) is 3.67. The van der Waals surface area contributed by atoms with Crippen molar-refractivity contribution in [3.63, 3.8) is 0 Å². The van der Waals surface area contributed by atoms with Gasteiger partial charge in [0.2, 0.25) is 11.8 Å². The van der Waals surface area contributed by atoms with Gasteiger partial charge in [0.25, 0.3) is 0 Å². The summed E-state index contributed by atoms with van der Waals surface area (Å²) in [5.41, 5.74) is 0.855. The van der Waals surface area contributed by atoms with Crippen LogP contribution in [0.1, 0.15) is 57.6 Å². The van der Waals surface area contributed by atoms with E-state index in [1.807, 2.05) is 49.1 Å². The molecule has 6 heteroatoms. The second-order valence-electron chi connectivity index (χ2n) is 8.46. The van der Waals surface area contributed by atoms with E-state index in [2.05, 4.69) is 10.6 Å². The molecule has 0 spiro atoms. The summed E-state index contributed by atoms with van der Waals surface area (Å²) in [6.45, 7) is 6.66. The quantitative estimate of drug-likeness (QED) is 0.695. The Balaban J connectivity index is 0.00000280. The molecule has 1 aromatic rings. The monoisotopic (exact) mass is 407 g/mol. The molecule has 1 saturated carbocycles. The number of carbonyl (C=O) groups is 2. The summed E-state index contributed by atoms with van der Waals surface area (Å²) < 4.78 is 0. The molecule has 0 aromatic heterocycles. The first-order chi connectivity index (χ1) is 13.0.